The Morgan fingerprint density at radius 1 is 1.50 bits per heavy atom. The standard InChI is InChI=1S/C11H16N2O/c1-9-2-3-10-11(8-9)14-7-6-13(10)5-4-12/h2-3,8H,4-7,12H2,1H3. The van der Waals surface area contributed by atoms with Gasteiger partial charge in [-0.15, -0.1) is 0 Å². The Hall–Kier alpha value is -1.22. The van der Waals surface area contributed by atoms with Gasteiger partial charge in [-0.25, -0.2) is 0 Å². The summed E-state index contributed by atoms with van der Waals surface area (Å²) in [5, 5.41) is 0. The molecule has 1 heterocycles. The number of nitrogens with two attached hydrogens (primary N) is 1. The molecule has 0 bridgehead atoms. The van der Waals surface area contributed by atoms with E-state index in [9.17, 15) is 0 Å². The summed E-state index contributed by atoms with van der Waals surface area (Å²) in [6, 6.07) is 6.30. The van der Waals surface area contributed by atoms with Gasteiger partial charge < -0.3 is 15.4 Å². The minimum Gasteiger partial charge on any atom is -0.490 e. The van der Waals surface area contributed by atoms with Crippen molar-refractivity contribution in [2.45, 2.75) is 6.92 Å². The number of aryl methyl sites for hydroxylation is 1. The van der Waals surface area contributed by atoms with Gasteiger partial charge in [0.2, 0.25) is 0 Å². The normalized spacial score (nSPS) is 14.9. The van der Waals surface area contributed by atoms with Crippen LogP contribution in [0.5, 0.6) is 5.75 Å². The molecule has 0 fully saturated rings. The second kappa shape index (κ2) is 3.88. The van der Waals surface area contributed by atoms with Gasteiger partial charge in [-0.2, -0.15) is 0 Å². The van der Waals surface area contributed by atoms with Crippen LogP contribution in [0.2, 0.25) is 0 Å². The zero-order valence-electron chi connectivity index (χ0n) is 8.49. The quantitative estimate of drug-likeness (QED) is 0.764. The molecule has 1 aliphatic heterocycles. The molecule has 0 atom stereocenters. The van der Waals surface area contributed by atoms with E-state index in [1.165, 1.54) is 11.3 Å². The van der Waals surface area contributed by atoms with E-state index in [1.807, 2.05) is 0 Å². The third-order valence-electron chi connectivity index (χ3n) is 2.47. The maximum atomic E-state index is 5.60. The summed E-state index contributed by atoms with van der Waals surface area (Å²) in [7, 11) is 0. The van der Waals surface area contributed by atoms with Crippen LogP contribution in [0.4, 0.5) is 5.69 Å². The molecule has 1 aliphatic rings. The highest BCUT2D eigenvalue weighted by molar-refractivity contribution is 5.60. The van der Waals surface area contributed by atoms with E-state index in [0.717, 1.165) is 25.4 Å². The van der Waals surface area contributed by atoms with Crippen molar-refractivity contribution in [1.29, 1.82) is 0 Å². The lowest BCUT2D eigenvalue weighted by Crippen LogP contribution is -2.36. The number of anilines is 1. The van der Waals surface area contributed by atoms with Crippen molar-refractivity contribution in [3.05, 3.63) is 23.8 Å². The lowest BCUT2D eigenvalue weighted by Gasteiger charge is -2.31. The van der Waals surface area contributed by atoms with E-state index in [4.69, 9.17) is 10.5 Å². The molecular formula is C11H16N2O. The number of benzene rings is 1. The van der Waals surface area contributed by atoms with Gasteiger partial charge in [-0.05, 0) is 24.6 Å². The van der Waals surface area contributed by atoms with Crippen molar-refractivity contribution in [2.75, 3.05) is 31.1 Å². The fourth-order valence-electron chi connectivity index (χ4n) is 1.77. The molecule has 0 saturated carbocycles. The summed E-state index contributed by atoms with van der Waals surface area (Å²) < 4.78 is 5.60. The zero-order valence-corrected chi connectivity index (χ0v) is 8.49. The molecule has 0 amide bonds. The van der Waals surface area contributed by atoms with Crippen LogP contribution >= 0.6 is 0 Å². The lowest BCUT2D eigenvalue weighted by atomic mass is 10.1. The van der Waals surface area contributed by atoms with Gasteiger partial charge in [0.05, 0.1) is 12.2 Å². The van der Waals surface area contributed by atoms with Crippen molar-refractivity contribution in [3.8, 4) is 5.75 Å². The number of rotatable bonds is 2. The highest BCUT2D eigenvalue weighted by Gasteiger charge is 2.16. The average Bonchev–Trinajstić information content (AvgIpc) is 2.18. The zero-order chi connectivity index (χ0) is 9.97. The van der Waals surface area contributed by atoms with Crippen molar-refractivity contribution in [2.24, 2.45) is 5.73 Å². The van der Waals surface area contributed by atoms with E-state index < -0.39 is 0 Å². The molecule has 0 radical (unpaired) electrons. The summed E-state index contributed by atoms with van der Waals surface area (Å²) in [5.74, 6) is 0.990. The third kappa shape index (κ3) is 1.68. The van der Waals surface area contributed by atoms with E-state index in [2.05, 4.69) is 30.0 Å². The highest BCUT2D eigenvalue weighted by atomic mass is 16.5. The molecule has 76 valence electrons. The van der Waals surface area contributed by atoms with E-state index >= 15 is 0 Å². The molecule has 0 unspecified atom stereocenters. The number of nitrogens with zero attached hydrogens (tertiary/aromatic N) is 1. The topological polar surface area (TPSA) is 38.5 Å². The highest BCUT2D eigenvalue weighted by Crippen LogP contribution is 2.31. The SMILES string of the molecule is Cc1ccc2c(c1)OCCN2CCN. The van der Waals surface area contributed by atoms with Gasteiger partial charge >= 0.3 is 0 Å². The van der Waals surface area contributed by atoms with E-state index in [0.29, 0.717) is 6.54 Å². The van der Waals surface area contributed by atoms with Gasteiger partial charge in [0, 0.05) is 13.1 Å². The first-order chi connectivity index (χ1) is 6.81. The van der Waals surface area contributed by atoms with Crippen molar-refractivity contribution in [3.63, 3.8) is 0 Å². The van der Waals surface area contributed by atoms with Crippen LogP contribution in [-0.2, 0) is 0 Å². The van der Waals surface area contributed by atoms with Crippen LogP contribution in [-0.4, -0.2) is 26.2 Å². The second-order valence-electron chi connectivity index (χ2n) is 3.60. The van der Waals surface area contributed by atoms with Crippen molar-refractivity contribution in [1.82, 2.24) is 0 Å². The Bertz CT molecular complexity index is 325. The molecule has 0 aromatic heterocycles. The second-order valence-corrected chi connectivity index (χ2v) is 3.60. The number of hydrogen-bond donors (Lipinski definition) is 1. The van der Waals surface area contributed by atoms with Crippen molar-refractivity contribution < 1.29 is 4.74 Å². The first-order valence-corrected chi connectivity index (χ1v) is 5.00. The Labute approximate surface area is 84.5 Å². The smallest absolute Gasteiger partial charge is 0.142 e. The fourth-order valence-corrected chi connectivity index (χ4v) is 1.77. The average molecular weight is 192 g/mol. The third-order valence-corrected chi connectivity index (χ3v) is 2.47. The minimum atomic E-state index is 0.688. The molecule has 14 heavy (non-hydrogen) atoms. The largest absolute Gasteiger partial charge is 0.490 e. The summed E-state index contributed by atoms with van der Waals surface area (Å²) in [4.78, 5) is 2.28. The monoisotopic (exact) mass is 192 g/mol. The van der Waals surface area contributed by atoms with Crippen LogP contribution in [0.1, 0.15) is 5.56 Å². The molecule has 0 aliphatic carbocycles. The molecule has 0 saturated heterocycles. The molecule has 0 spiro atoms. The molecule has 3 heteroatoms. The number of ether oxygens (including phenoxy) is 1. The van der Waals surface area contributed by atoms with Gasteiger partial charge in [-0.1, -0.05) is 6.07 Å². The van der Waals surface area contributed by atoms with Crippen LogP contribution < -0.4 is 15.4 Å². The van der Waals surface area contributed by atoms with Gasteiger partial charge in [0.25, 0.3) is 0 Å². The molecule has 2 N–H and O–H groups in total. The van der Waals surface area contributed by atoms with Crippen LogP contribution in [0, 0.1) is 6.92 Å². The van der Waals surface area contributed by atoms with Crippen LogP contribution in [0.15, 0.2) is 18.2 Å². The summed E-state index contributed by atoms with van der Waals surface area (Å²) >= 11 is 0. The molecular weight excluding hydrogens is 176 g/mol. The molecule has 3 nitrogen and oxygen atoms in total. The first-order valence-electron chi connectivity index (χ1n) is 5.00. The summed E-state index contributed by atoms with van der Waals surface area (Å²) in [6.45, 7) is 5.36. The van der Waals surface area contributed by atoms with Gasteiger partial charge in [-0.3, -0.25) is 0 Å². The number of fused-ring (bicyclic) bond motifs is 1. The van der Waals surface area contributed by atoms with E-state index in [-0.39, 0.29) is 0 Å². The Kier molecular flexibility index (Phi) is 2.59. The van der Waals surface area contributed by atoms with Crippen LogP contribution in [0.3, 0.4) is 0 Å². The summed E-state index contributed by atoms with van der Waals surface area (Å²) in [6.07, 6.45) is 0. The predicted octanol–water partition coefficient (Wildman–Crippen LogP) is 1.15. The van der Waals surface area contributed by atoms with Gasteiger partial charge in [0.1, 0.15) is 12.4 Å². The van der Waals surface area contributed by atoms with Crippen LogP contribution in [0.25, 0.3) is 0 Å². The molecule has 1 aromatic rings. The predicted molar refractivity (Wildman–Crippen MR) is 57.9 cm³/mol. The number of hydrogen-bond acceptors (Lipinski definition) is 3. The summed E-state index contributed by atoms with van der Waals surface area (Å²) in [5.41, 5.74) is 7.97. The molecule has 2 rings (SSSR count). The fraction of sp³-hybridized carbons (Fsp3) is 0.455. The lowest BCUT2D eigenvalue weighted by molar-refractivity contribution is 0.308. The van der Waals surface area contributed by atoms with Crippen molar-refractivity contribution >= 4 is 5.69 Å². The maximum Gasteiger partial charge on any atom is 0.142 e. The Balaban J connectivity index is 2.30. The molecule has 1 aromatic carbocycles. The Morgan fingerprint density at radius 3 is 3.14 bits per heavy atom. The van der Waals surface area contributed by atoms with E-state index in [1.54, 1.807) is 0 Å². The Morgan fingerprint density at radius 2 is 2.36 bits per heavy atom. The first kappa shape index (κ1) is 9.34. The minimum absolute atomic E-state index is 0.688. The maximum absolute atomic E-state index is 5.60. The van der Waals surface area contributed by atoms with Gasteiger partial charge in [0.15, 0.2) is 0 Å².